The highest BCUT2D eigenvalue weighted by atomic mass is 16.7. The van der Waals surface area contributed by atoms with Crippen molar-refractivity contribution in [1.82, 2.24) is 9.97 Å². The smallest absolute Gasteiger partial charge is 0.259 e. The van der Waals surface area contributed by atoms with Crippen LogP contribution in [0.4, 0.5) is 0 Å². The maximum absolute atomic E-state index is 11.8. The number of aryl methyl sites for hydroxylation is 1. The summed E-state index contributed by atoms with van der Waals surface area (Å²) in [7, 11) is 1.51. The number of H-pyrrole nitrogens is 1. The lowest BCUT2D eigenvalue weighted by atomic mass is 10.2. The molecule has 0 bridgehead atoms. The Labute approximate surface area is 96.1 Å². The summed E-state index contributed by atoms with van der Waals surface area (Å²) < 4.78 is 15.8. The Hall–Kier alpha value is -2.24. The Balaban J connectivity index is 2.49. The molecule has 1 aliphatic heterocycles. The summed E-state index contributed by atoms with van der Waals surface area (Å²) >= 11 is 0. The zero-order valence-electron chi connectivity index (χ0n) is 9.36. The van der Waals surface area contributed by atoms with E-state index in [4.69, 9.17) is 14.2 Å². The molecule has 1 aliphatic rings. The van der Waals surface area contributed by atoms with Gasteiger partial charge in [0.15, 0.2) is 11.5 Å². The van der Waals surface area contributed by atoms with Crippen molar-refractivity contribution < 1.29 is 14.2 Å². The maximum atomic E-state index is 11.8. The van der Waals surface area contributed by atoms with Crippen LogP contribution in [0.5, 0.6) is 17.2 Å². The minimum Gasteiger partial charge on any atom is -0.491 e. The van der Waals surface area contributed by atoms with Crippen molar-refractivity contribution in [1.29, 1.82) is 0 Å². The molecule has 0 saturated carbocycles. The third-order valence-electron chi connectivity index (χ3n) is 2.62. The van der Waals surface area contributed by atoms with Crippen LogP contribution in [0.15, 0.2) is 10.9 Å². The average Bonchev–Trinajstić information content (AvgIpc) is 2.74. The summed E-state index contributed by atoms with van der Waals surface area (Å²) in [6, 6.07) is 1.62. The van der Waals surface area contributed by atoms with E-state index in [0.717, 1.165) is 0 Å². The highest BCUT2D eigenvalue weighted by Crippen LogP contribution is 2.44. The van der Waals surface area contributed by atoms with Gasteiger partial charge in [-0.15, -0.1) is 0 Å². The van der Waals surface area contributed by atoms with Crippen LogP contribution in [-0.2, 0) is 0 Å². The number of aromatic nitrogens is 2. The summed E-state index contributed by atoms with van der Waals surface area (Å²) in [4.78, 5) is 18.7. The van der Waals surface area contributed by atoms with Gasteiger partial charge in [0.25, 0.3) is 5.56 Å². The normalized spacial score (nSPS) is 13.1. The number of ether oxygens (including phenoxy) is 3. The molecule has 0 spiro atoms. The lowest BCUT2D eigenvalue weighted by molar-refractivity contribution is 0.171. The molecule has 6 heteroatoms. The Morgan fingerprint density at radius 3 is 3.06 bits per heavy atom. The van der Waals surface area contributed by atoms with Crippen LogP contribution in [0, 0.1) is 6.92 Å². The van der Waals surface area contributed by atoms with Gasteiger partial charge in [0.1, 0.15) is 11.3 Å². The fourth-order valence-corrected chi connectivity index (χ4v) is 1.90. The number of rotatable bonds is 1. The first-order valence-electron chi connectivity index (χ1n) is 5.08. The molecule has 2 aromatic rings. The van der Waals surface area contributed by atoms with Crippen LogP contribution in [0.2, 0.25) is 0 Å². The predicted octanol–water partition coefficient (Wildman–Crippen LogP) is 0.969. The minimum atomic E-state index is -0.218. The molecule has 1 aromatic carbocycles. The monoisotopic (exact) mass is 234 g/mol. The number of aromatic amines is 1. The van der Waals surface area contributed by atoms with E-state index in [1.807, 2.05) is 0 Å². The molecule has 0 radical (unpaired) electrons. The topological polar surface area (TPSA) is 73.4 Å². The van der Waals surface area contributed by atoms with E-state index < -0.39 is 0 Å². The number of hydrogen-bond acceptors (Lipinski definition) is 5. The van der Waals surface area contributed by atoms with Crippen molar-refractivity contribution in [2.24, 2.45) is 0 Å². The molecule has 6 nitrogen and oxygen atoms in total. The van der Waals surface area contributed by atoms with Gasteiger partial charge in [-0.1, -0.05) is 0 Å². The average molecular weight is 234 g/mol. The second kappa shape index (κ2) is 3.38. The van der Waals surface area contributed by atoms with Crippen LogP contribution in [0.25, 0.3) is 10.9 Å². The standard InChI is InChI=1S/C11H10N2O4/c1-5-12-8-6(11(14)13-5)3-7-9(10(8)15-2)17-4-16-7/h3H,4H2,1-2H3,(H,12,13,14). The molecular weight excluding hydrogens is 224 g/mol. The molecule has 0 amide bonds. The molecule has 0 aliphatic carbocycles. The molecule has 88 valence electrons. The second-order valence-electron chi connectivity index (χ2n) is 3.69. The fourth-order valence-electron chi connectivity index (χ4n) is 1.90. The molecular formula is C11H10N2O4. The van der Waals surface area contributed by atoms with Gasteiger partial charge in [-0.05, 0) is 13.0 Å². The molecule has 0 atom stereocenters. The third kappa shape index (κ3) is 1.33. The molecule has 2 heterocycles. The Bertz CT molecular complexity index is 663. The molecule has 1 N–H and O–H groups in total. The van der Waals surface area contributed by atoms with Crippen molar-refractivity contribution in [3.63, 3.8) is 0 Å². The Morgan fingerprint density at radius 2 is 2.29 bits per heavy atom. The van der Waals surface area contributed by atoms with Gasteiger partial charge in [0.05, 0.1) is 12.5 Å². The molecule has 3 rings (SSSR count). The SMILES string of the molecule is COc1c2c(cc3c(=O)[nH]c(C)nc13)OCO2. The molecule has 1 aromatic heterocycles. The van der Waals surface area contributed by atoms with Crippen molar-refractivity contribution in [3.8, 4) is 17.2 Å². The van der Waals surface area contributed by atoms with Crippen molar-refractivity contribution in [2.75, 3.05) is 13.9 Å². The number of nitrogens with one attached hydrogen (secondary N) is 1. The van der Waals surface area contributed by atoms with Gasteiger partial charge in [-0.2, -0.15) is 0 Å². The summed E-state index contributed by atoms with van der Waals surface area (Å²) in [5.74, 6) is 1.96. The van der Waals surface area contributed by atoms with Gasteiger partial charge >= 0.3 is 0 Å². The Kier molecular flexibility index (Phi) is 1.98. The van der Waals surface area contributed by atoms with E-state index in [0.29, 0.717) is 34.0 Å². The first kappa shape index (κ1) is 9.95. The Morgan fingerprint density at radius 1 is 1.47 bits per heavy atom. The van der Waals surface area contributed by atoms with Crippen LogP contribution < -0.4 is 19.8 Å². The molecule has 0 unspecified atom stereocenters. The van der Waals surface area contributed by atoms with E-state index in [1.165, 1.54) is 7.11 Å². The largest absolute Gasteiger partial charge is 0.491 e. The van der Waals surface area contributed by atoms with E-state index in [2.05, 4.69) is 9.97 Å². The first-order chi connectivity index (χ1) is 8.20. The number of hydrogen-bond donors (Lipinski definition) is 1. The van der Waals surface area contributed by atoms with Crippen LogP contribution >= 0.6 is 0 Å². The van der Waals surface area contributed by atoms with Crippen molar-refractivity contribution in [3.05, 3.63) is 22.2 Å². The zero-order chi connectivity index (χ0) is 12.0. The lowest BCUT2D eigenvalue weighted by Crippen LogP contribution is -2.10. The van der Waals surface area contributed by atoms with Gasteiger partial charge < -0.3 is 19.2 Å². The number of nitrogens with zero attached hydrogens (tertiary/aromatic N) is 1. The first-order valence-corrected chi connectivity index (χ1v) is 5.08. The van der Waals surface area contributed by atoms with E-state index in [-0.39, 0.29) is 12.4 Å². The van der Waals surface area contributed by atoms with E-state index >= 15 is 0 Å². The molecule has 0 saturated heterocycles. The quantitative estimate of drug-likeness (QED) is 0.795. The molecule has 0 fully saturated rings. The van der Waals surface area contributed by atoms with Gasteiger partial charge in [0.2, 0.25) is 12.5 Å². The van der Waals surface area contributed by atoms with Crippen LogP contribution in [-0.4, -0.2) is 23.9 Å². The van der Waals surface area contributed by atoms with E-state index in [9.17, 15) is 4.79 Å². The summed E-state index contributed by atoms with van der Waals surface area (Å²) in [6.45, 7) is 1.84. The summed E-state index contributed by atoms with van der Waals surface area (Å²) in [5.41, 5.74) is 0.266. The van der Waals surface area contributed by atoms with Crippen molar-refractivity contribution in [2.45, 2.75) is 6.92 Å². The third-order valence-corrected chi connectivity index (χ3v) is 2.62. The highest BCUT2D eigenvalue weighted by molar-refractivity contribution is 5.89. The minimum absolute atomic E-state index is 0.124. The van der Waals surface area contributed by atoms with Crippen LogP contribution in [0.1, 0.15) is 5.82 Å². The number of methoxy groups -OCH3 is 1. The highest BCUT2D eigenvalue weighted by Gasteiger charge is 2.24. The van der Waals surface area contributed by atoms with Gasteiger partial charge in [0, 0.05) is 0 Å². The van der Waals surface area contributed by atoms with Crippen LogP contribution in [0.3, 0.4) is 0 Å². The fraction of sp³-hybridized carbons (Fsp3) is 0.273. The predicted molar refractivity (Wildman–Crippen MR) is 59.8 cm³/mol. The van der Waals surface area contributed by atoms with Gasteiger partial charge in [-0.25, -0.2) is 4.98 Å². The molecule has 17 heavy (non-hydrogen) atoms. The summed E-state index contributed by atoms with van der Waals surface area (Å²) in [5, 5.41) is 0.428. The number of fused-ring (bicyclic) bond motifs is 2. The summed E-state index contributed by atoms with van der Waals surface area (Å²) in [6.07, 6.45) is 0. The maximum Gasteiger partial charge on any atom is 0.259 e. The van der Waals surface area contributed by atoms with Crippen molar-refractivity contribution >= 4 is 10.9 Å². The van der Waals surface area contributed by atoms with Gasteiger partial charge in [-0.3, -0.25) is 4.79 Å². The second-order valence-corrected chi connectivity index (χ2v) is 3.69. The number of benzene rings is 1. The zero-order valence-corrected chi connectivity index (χ0v) is 9.36. The lowest BCUT2D eigenvalue weighted by Gasteiger charge is -2.08. The van der Waals surface area contributed by atoms with E-state index in [1.54, 1.807) is 13.0 Å².